The summed E-state index contributed by atoms with van der Waals surface area (Å²) in [7, 11) is 0. The Kier molecular flexibility index (Phi) is 5.92. The van der Waals surface area contributed by atoms with E-state index in [4.69, 9.17) is 16.1 Å². The number of pyridine rings is 1. The van der Waals surface area contributed by atoms with Crippen molar-refractivity contribution in [2.45, 2.75) is 37.2 Å². The van der Waals surface area contributed by atoms with E-state index in [-0.39, 0.29) is 5.25 Å². The van der Waals surface area contributed by atoms with Gasteiger partial charge in [-0.25, -0.2) is 0 Å². The van der Waals surface area contributed by atoms with E-state index in [0.717, 1.165) is 28.7 Å². The molecule has 3 aromatic heterocycles. The predicted molar refractivity (Wildman–Crippen MR) is 112 cm³/mol. The molecule has 148 valence electrons. The van der Waals surface area contributed by atoms with Crippen LogP contribution in [-0.4, -0.2) is 29.9 Å². The Morgan fingerprint density at radius 2 is 2.00 bits per heavy atom. The van der Waals surface area contributed by atoms with Crippen LogP contribution in [0.2, 0.25) is 5.02 Å². The van der Waals surface area contributed by atoms with Crippen molar-refractivity contribution in [3.05, 3.63) is 71.0 Å². The second-order valence-electron chi connectivity index (χ2n) is 6.40. The third kappa shape index (κ3) is 4.49. The van der Waals surface area contributed by atoms with Crippen molar-refractivity contribution >= 4 is 23.4 Å². The quantitative estimate of drug-likeness (QED) is 0.391. The minimum atomic E-state index is -0.0463. The Labute approximate surface area is 177 Å². The highest BCUT2D eigenvalue weighted by Crippen LogP contribution is 2.34. The number of halogens is 1. The van der Waals surface area contributed by atoms with Crippen LogP contribution in [0.1, 0.15) is 36.3 Å². The molecule has 0 aliphatic rings. The molecule has 0 N–H and O–H groups in total. The highest BCUT2D eigenvalue weighted by Gasteiger charge is 2.20. The van der Waals surface area contributed by atoms with Gasteiger partial charge in [-0.05, 0) is 49.7 Å². The fourth-order valence-electron chi connectivity index (χ4n) is 2.89. The minimum Gasteiger partial charge on any atom is -0.334 e. The summed E-state index contributed by atoms with van der Waals surface area (Å²) < 4.78 is 7.53. The molecule has 0 saturated heterocycles. The molecule has 1 unspecified atom stereocenters. The van der Waals surface area contributed by atoms with Gasteiger partial charge in [0.1, 0.15) is 5.82 Å². The number of thioether (sulfide) groups is 1. The van der Waals surface area contributed by atoms with Gasteiger partial charge in [-0.15, -0.1) is 10.2 Å². The third-order valence-electron chi connectivity index (χ3n) is 4.38. The number of hydrogen-bond acceptors (Lipinski definition) is 7. The van der Waals surface area contributed by atoms with E-state index in [0.29, 0.717) is 23.2 Å². The zero-order valence-electron chi connectivity index (χ0n) is 16.0. The molecule has 3 heterocycles. The number of rotatable bonds is 7. The maximum absolute atomic E-state index is 6.05. The maximum Gasteiger partial charge on any atom is 0.258 e. The Morgan fingerprint density at radius 1 is 1.17 bits per heavy atom. The van der Waals surface area contributed by atoms with Crippen LogP contribution in [0.5, 0.6) is 0 Å². The van der Waals surface area contributed by atoms with Crippen LogP contribution in [0.15, 0.2) is 58.5 Å². The van der Waals surface area contributed by atoms with E-state index >= 15 is 0 Å². The van der Waals surface area contributed by atoms with Crippen LogP contribution >= 0.6 is 23.4 Å². The molecular weight excluding hydrogens is 408 g/mol. The molecule has 0 saturated carbocycles. The molecule has 0 aliphatic carbocycles. The van der Waals surface area contributed by atoms with Crippen molar-refractivity contribution in [3.63, 3.8) is 0 Å². The van der Waals surface area contributed by atoms with Crippen LogP contribution in [0.4, 0.5) is 0 Å². The largest absolute Gasteiger partial charge is 0.334 e. The van der Waals surface area contributed by atoms with Crippen molar-refractivity contribution in [2.24, 2.45) is 0 Å². The highest BCUT2D eigenvalue weighted by atomic mass is 35.5. The lowest BCUT2D eigenvalue weighted by atomic mass is 10.2. The number of aromatic nitrogens is 6. The number of hydrogen-bond donors (Lipinski definition) is 0. The number of nitrogens with zero attached hydrogens (tertiary/aromatic N) is 6. The van der Waals surface area contributed by atoms with E-state index < -0.39 is 0 Å². The van der Waals surface area contributed by atoms with E-state index in [1.807, 2.05) is 37.3 Å². The van der Waals surface area contributed by atoms with Crippen LogP contribution in [0, 0.1) is 0 Å². The summed E-state index contributed by atoms with van der Waals surface area (Å²) in [5, 5.41) is 14.3. The molecule has 0 aliphatic heterocycles. The van der Waals surface area contributed by atoms with Crippen molar-refractivity contribution in [2.75, 3.05) is 0 Å². The van der Waals surface area contributed by atoms with E-state index in [2.05, 4.69) is 36.8 Å². The van der Waals surface area contributed by atoms with Gasteiger partial charge in [0.2, 0.25) is 0 Å². The van der Waals surface area contributed by atoms with Crippen molar-refractivity contribution in [1.82, 2.24) is 29.9 Å². The van der Waals surface area contributed by atoms with Gasteiger partial charge in [-0.1, -0.05) is 34.6 Å². The fraction of sp³-hybridized carbons (Fsp3) is 0.250. The zero-order valence-corrected chi connectivity index (χ0v) is 17.6. The van der Waals surface area contributed by atoms with Crippen LogP contribution in [0.3, 0.4) is 0 Å². The Bertz CT molecular complexity index is 1100. The van der Waals surface area contributed by atoms with Crippen LogP contribution in [-0.2, 0) is 13.0 Å². The van der Waals surface area contributed by atoms with Crippen LogP contribution < -0.4 is 0 Å². The average Bonchev–Trinajstić information content (AvgIpc) is 3.36. The molecule has 0 fully saturated rings. The molecule has 0 bridgehead atoms. The molecule has 4 rings (SSSR count). The normalized spacial score (nSPS) is 12.2. The molecule has 7 nitrogen and oxygen atoms in total. The van der Waals surface area contributed by atoms with Crippen molar-refractivity contribution in [3.8, 4) is 11.5 Å². The third-order valence-corrected chi connectivity index (χ3v) is 5.69. The van der Waals surface area contributed by atoms with Crippen molar-refractivity contribution < 1.29 is 4.52 Å². The summed E-state index contributed by atoms with van der Waals surface area (Å²) in [6, 6.07) is 11.3. The van der Waals surface area contributed by atoms with Crippen LogP contribution in [0.25, 0.3) is 11.5 Å². The molecule has 9 heteroatoms. The second kappa shape index (κ2) is 8.75. The van der Waals surface area contributed by atoms with E-state index in [1.165, 1.54) is 0 Å². The summed E-state index contributed by atoms with van der Waals surface area (Å²) in [5.41, 5.74) is 1.95. The van der Waals surface area contributed by atoms with E-state index in [9.17, 15) is 0 Å². The maximum atomic E-state index is 6.05. The Morgan fingerprint density at radius 3 is 2.76 bits per heavy atom. The van der Waals surface area contributed by atoms with Crippen molar-refractivity contribution in [1.29, 1.82) is 0 Å². The van der Waals surface area contributed by atoms with Gasteiger partial charge in [0.25, 0.3) is 5.89 Å². The van der Waals surface area contributed by atoms with Gasteiger partial charge in [-0.3, -0.25) is 4.98 Å². The first kappa shape index (κ1) is 19.6. The standard InChI is InChI=1S/C20H19ClN6OS/c1-3-27-17(11-14-7-9-22-10-8-14)24-25-20(27)29-13(2)18-23-19(28-26-18)15-5-4-6-16(21)12-15/h4-10,12-13H,3,11H2,1-2H3. The lowest BCUT2D eigenvalue weighted by Crippen LogP contribution is -2.05. The van der Waals surface area contributed by atoms with Gasteiger partial charge < -0.3 is 9.09 Å². The molecular formula is C20H19ClN6OS. The highest BCUT2D eigenvalue weighted by molar-refractivity contribution is 7.99. The zero-order chi connectivity index (χ0) is 20.2. The summed E-state index contributed by atoms with van der Waals surface area (Å²) in [5.74, 6) is 1.97. The van der Waals surface area contributed by atoms with Gasteiger partial charge in [0.15, 0.2) is 11.0 Å². The molecule has 0 amide bonds. The van der Waals surface area contributed by atoms with Gasteiger partial charge >= 0.3 is 0 Å². The Hall–Kier alpha value is -2.71. The molecule has 1 aromatic carbocycles. The monoisotopic (exact) mass is 426 g/mol. The smallest absolute Gasteiger partial charge is 0.258 e. The summed E-state index contributed by atoms with van der Waals surface area (Å²) in [4.78, 5) is 8.59. The minimum absolute atomic E-state index is 0.0463. The molecule has 0 radical (unpaired) electrons. The SMILES string of the molecule is CCn1c(Cc2ccncc2)nnc1SC(C)c1noc(-c2cccc(Cl)c2)n1. The van der Waals surface area contributed by atoms with Gasteiger partial charge in [0, 0.05) is 35.9 Å². The average molecular weight is 427 g/mol. The fourth-order valence-corrected chi connectivity index (χ4v) is 4.04. The number of benzene rings is 1. The summed E-state index contributed by atoms with van der Waals surface area (Å²) >= 11 is 7.61. The Balaban J connectivity index is 1.51. The summed E-state index contributed by atoms with van der Waals surface area (Å²) in [6.45, 7) is 4.89. The molecule has 29 heavy (non-hydrogen) atoms. The van der Waals surface area contributed by atoms with Gasteiger partial charge in [-0.2, -0.15) is 4.98 Å². The lowest BCUT2D eigenvalue weighted by Gasteiger charge is -2.09. The molecule has 1 atom stereocenters. The first-order valence-electron chi connectivity index (χ1n) is 9.21. The van der Waals surface area contributed by atoms with Gasteiger partial charge in [0.05, 0.1) is 5.25 Å². The summed E-state index contributed by atoms with van der Waals surface area (Å²) in [6.07, 6.45) is 4.28. The topological polar surface area (TPSA) is 82.5 Å². The first-order valence-corrected chi connectivity index (χ1v) is 10.5. The predicted octanol–water partition coefficient (Wildman–Crippen LogP) is 4.84. The van der Waals surface area contributed by atoms with E-state index in [1.54, 1.807) is 30.2 Å². The molecule has 0 spiro atoms. The first-order chi connectivity index (χ1) is 14.1. The lowest BCUT2D eigenvalue weighted by molar-refractivity contribution is 0.423. The molecule has 4 aromatic rings. The second-order valence-corrected chi connectivity index (χ2v) is 8.15.